The van der Waals surface area contributed by atoms with Crippen LogP contribution in [0.4, 0.5) is 5.69 Å². The molecule has 2 aromatic rings. The number of thioether (sulfide) groups is 1. The largest absolute Gasteiger partial charge is 0.504 e. The SMILES string of the molecule is CCCCSC1=NN2C(=c3ccccc3=NC2c2ccc(O)c(OCC)c2[N+](=O)[O-])C(=O)N1. The van der Waals surface area contributed by atoms with Gasteiger partial charge in [0.2, 0.25) is 5.75 Å². The molecule has 172 valence electrons. The highest BCUT2D eigenvalue weighted by Gasteiger charge is 2.39. The summed E-state index contributed by atoms with van der Waals surface area (Å²) in [6.45, 7) is 3.87. The van der Waals surface area contributed by atoms with E-state index in [4.69, 9.17) is 9.73 Å². The van der Waals surface area contributed by atoms with E-state index in [-0.39, 0.29) is 35.3 Å². The molecule has 1 unspecified atom stereocenters. The van der Waals surface area contributed by atoms with E-state index < -0.39 is 16.8 Å². The first kappa shape index (κ1) is 22.6. The van der Waals surface area contributed by atoms with Gasteiger partial charge in [0.25, 0.3) is 5.91 Å². The summed E-state index contributed by atoms with van der Waals surface area (Å²) in [6, 6.07) is 9.82. The molecule has 0 bridgehead atoms. The van der Waals surface area contributed by atoms with E-state index in [1.165, 1.54) is 28.9 Å². The first-order chi connectivity index (χ1) is 16.0. The Bertz CT molecular complexity index is 1260. The van der Waals surface area contributed by atoms with Gasteiger partial charge in [-0.3, -0.25) is 25.2 Å². The Morgan fingerprint density at radius 1 is 1.27 bits per heavy atom. The molecule has 2 aromatic carbocycles. The number of ether oxygens (including phenoxy) is 1. The standard InChI is InChI=1S/C22H23N5O5S/c1-3-5-12-33-22-24-21(29)18-13-8-6-7-9-15(13)23-20(26(18)25-22)14-10-11-16(28)19(32-4-2)17(14)27(30)31/h6-11,20,28H,3-5,12H2,1-2H3,(H,24,25,29). The number of amidine groups is 1. The molecule has 0 aliphatic carbocycles. The number of unbranched alkanes of at least 4 members (excludes halogenated alkanes) is 1. The quantitative estimate of drug-likeness (QED) is 0.362. The summed E-state index contributed by atoms with van der Waals surface area (Å²) in [5.41, 5.74) is 0.00100. The number of carbonyl (C=O) groups excluding carboxylic acids is 1. The predicted molar refractivity (Wildman–Crippen MR) is 124 cm³/mol. The Labute approximate surface area is 193 Å². The summed E-state index contributed by atoms with van der Waals surface area (Å²) >= 11 is 1.41. The first-order valence-electron chi connectivity index (χ1n) is 10.6. The van der Waals surface area contributed by atoms with Gasteiger partial charge in [-0.2, -0.15) is 0 Å². The normalized spacial score (nSPS) is 16.8. The maximum absolute atomic E-state index is 13.1. The zero-order valence-corrected chi connectivity index (χ0v) is 19.0. The monoisotopic (exact) mass is 469 g/mol. The minimum absolute atomic E-state index is 0.127. The summed E-state index contributed by atoms with van der Waals surface area (Å²) in [5.74, 6) is -0.171. The fourth-order valence-electron chi connectivity index (χ4n) is 3.67. The highest BCUT2D eigenvalue weighted by Crippen LogP contribution is 2.44. The third-order valence-electron chi connectivity index (χ3n) is 5.14. The molecule has 0 spiro atoms. The van der Waals surface area contributed by atoms with Crippen LogP contribution in [0.5, 0.6) is 11.5 Å². The Hall–Kier alpha value is -3.60. The van der Waals surface area contributed by atoms with E-state index in [9.17, 15) is 20.0 Å². The van der Waals surface area contributed by atoms with Crippen LogP contribution in [0.3, 0.4) is 0 Å². The molecule has 0 radical (unpaired) electrons. The third kappa shape index (κ3) is 4.23. The van der Waals surface area contributed by atoms with Crippen LogP contribution in [0.25, 0.3) is 5.70 Å². The number of phenolic OH excluding ortho intramolecular Hbond substituents is 1. The maximum Gasteiger partial charge on any atom is 0.322 e. The number of benzene rings is 2. The van der Waals surface area contributed by atoms with Crippen molar-refractivity contribution in [1.82, 2.24) is 10.3 Å². The van der Waals surface area contributed by atoms with Crippen LogP contribution in [0, 0.1) is 10.1 Å². The number of aromatic hydroxyl groups is 1. The lowest BCUT2D eigenvalue weighted by molar-refractivity contribution is -0.387. The first-order valence-corrected chi connectivity index (χ1v) is 11.6. The van der Waals surface area contributed by atoms with Crippen molar-refractivity contribution in [1.29, 1.82) is 0 Å². The molecule has 2 heterocycles. The zero-order valence-electron chi connectivity index (χ0n) is 18.1. The lowest BCUT2D eigenvalue weighted by Crippen LogP contribution is -2.50. The summed E-state index contributed by atoms with van der Waals surface area (Å²) in [6.07, 6.45) is 0.956. The number of nitrogens with one attached hydrogen (secondary N) is 1. The van der Waals surface area contributed by atoms with Crippen LogP contribution >= 0.6 is 11.8 Å². The molecular weight excluding hydrogens is 446 g/mol. The van der Waals surface area contributed by atoms with Crippen LogP contribution < -0.4 is 20.6 Å². The molecule has 1 atom stereocenters. The molecule has 33 heavy (non-hydrogen) atoms. The number of fused-ring (bicyclic) bond motifs is 2. The van der Waals surface area contributed by atoms with Crippen molar-refractivity contribution in [2.75, 3.05) is 12.4 Å². The predicted octanol–water partition coefficient (Wildman–Crippen LogP) is 2.38. The Kier molecular flexibility index (Phi) is 6.50. The van der Waals surface area contributed by atoms with Crippen molar-refractivity contribution in [2.45, 2.75) is 32.9 Å². The Morgan fingerprint density at radius 3 is 2.79 bits per heavy atom. The van der Waals surface area contributed by atoms with Crippen LogP contribution in [0.2, 0.25) is 0 Å². The molecule has 0 saturated heterocycles. The van der Waals surface area contributed by atoms with Crippen LogP contribution in [0.15, 0.2) is 46.5 Å². The van der Waals surface area contributed by atoms with Gasteiger partial charge < -0.3 is 9.84 Å². The lowest BCUT2D eigenvalue weighted by atomic mass is 10.1. The lowest BCUT2D eigenvalue weighted by Gasteiger charge is -2.34. The number of amides is 1. The van der Waals surface area contributed by atoms with Crippen molar-refractivity contribution in [3.8, 4) is 11.5 Å². The van der Waals surface area contributed by atoms with E-state index >= 15 is 0 Å². The fraction of sp³-hybridized carbons (Fsp3) is 0.318. The fourth-order valence-corrected chi connectivity index (χ4v) is 4.60. The molecular formula is C22H23N5O5S. The van der Waals surface area contributed by atoms with E-state index in [2.05, 4.69) is 17.3 Å². The molecule has 0 fully saturated rings. The highest BCUT2D eigenvalue weighted by molar-refractivity contribution is 8.13. The average Bonchev–Trinajstić information content (AvgIpc) is 2.79. The summed E-state index contributed by atoms with van der Waals surface area (Å²) in [5, 5.41) is 32.6. The molecule has 4 rings (SSSR count). The maximum atomic E-state index is 13.1. The van der Waals surface area contributed by atoms with Crippen molar-refractivity contribution in [2.24, 2.45) is 10.1 Å². The van der Waals surface area contributed by atoms with E-state index in [1.807, 2.05) is 0 Å². The zero-order chi connectivity index (χ0) is 23.5. The van der Waals surface area contributed by atoms with Gasteiger partial charge >= 0.3 is 5.69 Å². The number of para-hydroxylation sites is 1. The van der Waals surface area contributed by atoms with Gasteiger partial charge in [-0.15, -0.1) is 5.10 Å². The number of hydrogen-bond acceptors (Lipinski definition) is 9. The number of rotatable bonds is 7. The molecule has 11 heteroatoms. The molecule has 2 aliphatic rings. The van der Waals surface area contributed by atoms with Crippen molar-refractivity contribution < 1.29 is 19.6 Å². The highest BCUT2D eigenvalue weighted by atomic mass is 32.2. The second-order valence-corrected chi connectivity index (χ2v) is 8.40. The van der Waals surface area contributed by atoms with E-state index in [0.29, 0.717) is 15.7 Å². The van der Waals surface area contributed by atoms with E-state index in [0.717, 1.165) is 18.6 Å². The van der Waals surface area contributed by atoms with Gasteiger partial charge in [0.1, 0.15) is 5.70 Å². The van der Waals surface area contributed by atoms with Crippen LogP contribution in [-0.2, 0) is 4.79 Å². The van der Waals surface area contributed by atoms with Gasteiger partial charge in [-0.05, 0) is 31.5 Å². The molecule has 10 nitrogen and oxygen atoms in total. The Balaban J connectivity index is 1.93. The number of hydrogen-bond donors (Lipinski definition) is 2. The summed E-state index contributed by atoms with van der Waals surface area (Å²) in [4.78, 5) is 29.3. The minimum atomic E-state index is -0.997. The number of nitro groups is 1. The van der Waals surface area contributed by atoms with Gasteiger partial charge in [0.05, 0.1) is 22.5 Å². The number of phenols is 1. The van der Waals surface area contributed by atoms with Crippen molar-refractivity contribution in [3.63, 3.8) is 0 Å². The van der Waals surface area contributed by atoms with Crippen LogP contribution in [-0.4, -0.2) is 38.5 Å². The minimum Gasteiger partial charge on any atom is -0.504 e. The molecule has 0 saturated carbocycles. The summed E-state index contributed by atoms with van der Waals surface area (Å²) < 4.78 is 5.40. The third-order valence-corrected chi connectivity index (χ3v) is 6.09. The Morgan fingerprint density at radius 2 is 2.06 bits per heavy atom. The van der Waals surface area contributed by atoms with Gasteiger partial charge in [-0.25, -0.2) is 5.01 Å². The number of nitrogens with zero attached hydrogens (tertiary/aromatic N) is 4. The van der Waals surface area contributed by atoms with Crippen LogP contribution in [0.1, 0.15) is 38.4 Å². The van der Waals surface area contributed by atoms with Crippen molar-refractivity contribution in [3.05, 3.63) is 62.7 Å². The summed E-state index contributed by atoms with van der Waals surface area (Å²) in [7, 11) is 0. The smallest absolute Gasteiger partial charge is 0.322 e. The average molecular weight is 470 g/mol. The molecule has 2 N–H and O–H groups in total. The second-order valence-electron chi connectivity index (χ2n) is 7.32. The second kappa shape index (κ2) is 9.49. The molecule has 1 amide bonds. The number of hydrazone groups is 1. The number of nitro benzene ring substituents is 1. The van der Waals surface area contributed by atoms with Gasteiger partial charge in [-0.1, -0.05) is 43.3 Å². The van der Waals surface area contributed by atoms with Gasteiger partial charge in [0.15, 0.2) is 17.1 Å². The number of carbonyl (C=O) groups is 1. The molecule has 2 aliphatic heterocycles. The molecule has 0 aromatic heterocycles. The van der Waals surface area contributed by atoms with Gasteiger partial charge in [0, 0.05) is 11.0 Å². The topological polar surface area (TPSA) is 130 Å². The van der Waals surface area contributed by atoms with E-state index in [1.54, 1.807) is 31.2 Å². The van der Waals surface area contributed by atoms with Crippen molar-refractivity contribution >= 4 is 34.2 Å².